The van der Waals surface area contributed by atoms with E-state index >= 15 is 0 Å². The number of carboxylic acids is 1. The van der Waals surface area contributed by atoms with E-state index in [0.717, 1.165) is 0 Å². The van der Waals surface area contributed by atoms with Crippen LogP contribution in [0.2, 0.25) is 0 Å². The number of rotatable bonds is 3. The van der Waals surface area contributed by atoms with Crippen molar-refractivity contribution in [1.29, 1.82) is 0 Å². The van der Waals surface area contributed by atoms with Crippen LogP contribution in [0.1, 0.15) is 16.1 Å². The molecule has 1 aromatic heterocycles. The molecule has 1 heterocycles. The summed E-state index contributed by atoms with van der Waals surface area (Å²) >= 11 is 0. The highest BCUT2D eigenvalue weighted by molar-refractivity contribution is 5.89. The number of hydrogen-bond donors (Lipinski definition) is 1. The highest BCUT2D eigenvalue weighted by Crippen LogP contribution is 2.23. The zero-order chi connectivity index (χ0) is 10.7. The number of carbonyl (C=O) groups is 1. The Morgan fingerprint density at radius 3 is 2.79 bits per heavy atom. The summed E-state index contributed by atoms with van der Waals surface area (Å²) in [6, 6.07) is 1.39. The van der Waals surface area contributed by atoms with Gasteiger partial charge in [0.1, 0.15) is 0 Å². The minimum absolute atomic E-state index is 0.303. The van der Waals surface area contributed by atoms with E-state index < -0.39 is 24.0 Å². The molecule has 0 saturated carbocycles. The van der Waals surface area contributed by atoms with Crippen LogP contribution in [0.5, 0.6) is 5.75 Å². The first-order chi connectivity index (χ1) is 6.52. The minimum Gasteiger partial charge on any atom is -0.476 e. The second-order valence-corrected chi connectivity index (χ2v) is 2.49. The molecule has 0 spiro atoms. The van der Waals surface area contributed by atoms with E-state index in [1.807, 2.05) is 0 Å². The Balaban J connectivity index is 3.15. The van der Waals surface area contributed by atoms with Gasteiger partial charge in [-0.1, -0.05) is 0 Å². The Bertz CT molecular complexity index is 354. The van der Waals surface area contributed by atoms with Crippen LogP contribution in [-0.4, -0.2) is 22.7 Å². The van der Waals surface area contributed by atoms with Crippen molar-refractivity contribution in [2.45, 2.75) is 13.5 Å². The van der Waals surface area contributed by atoms with Crippen LogP contribution in [-0.2, 0) is 0 Å². The lowest BCUT2D eigenvalue weighted by atomic mass is 10.2. The molecule has 0 fully saturated rings. The van der Waals surface area contributed by atoms with Gasteiger partial charge in [-0.05, 0) is 18.6 Å². The van der Waals surface area contributed by atoms with E-state index in [-0.39, 0.29) is 0 Å². The molecular weight excluding hydrogens is 196 g/mol. The predicted molar refractivity (Wildman–Crippen MR) is 42.6 cm³/mol. The average Bonchev–Trinajstić information content (AvgIpc) is 2.07. The summed E-state index contributed by atoms with van der Waals surface area (Å²) in [6.45, 7) is -1.60. The van der Waals surface area contributed by atoms with Crippen molar-refractivity contribution in [2.75, 3.05) is 0 Å². The third-order valence-corrected chi connectivity index (χ3v) is 1.51. The average molecular weight is 203 g/mol. The summed E-state index contributed by atoms with van der Waals surface area (Å²) in [5.41, 5.74) is -0.206. The van der Waals surface area contributed by atoms with Crippen molar-refractivity contribution in [3.05, 3.63) is 23.5 Å². The van der Waals surface area contributed by atoms with Crippen LogP contribution in [0.4, 0.5) is 8.78 Å². The molecule has 14 heavy (non-hydrogen) atoms. The molecule has 0 radical (unpaired) electrons. The quantitative estimate of drug-likeness (QED) is 0.811. The van der Waals surface area contributed by atoms with E-state index in [0.29, 0.717) is 5.56 Å². The highest BCUT2D eigenvalue weighted by atomic mass is 19.3. The lowest BCUT2D eigenvalue weighted by Crippen LogP contribution is -2.10. The summed E-state index contributed by atoms with van der Waals surface area (Å²) in [5, 5.41) is 8.62. The van der Waals surface area contributed by atoms with Crippen LogP contribution in [0.3, 0.4) is 0 Å². The van der Waals surface area contributed by atoms with Gasteiger partial charge in [0, 0.05) is 6.20 Å². The number of alkyl halides is 2. The van der Waals surface area contributed by atoms with Gasteiger partial charge in [0.15, 0.2) is 11.4 Å². The Morgan fingerprint density at radius 2 is 2.29 bits per heavy atom. The molecule has 0 amide bonds. The van der Waals surface area contributed by atoms with Gasteiger partial charge in [0.2, 0.25) is 0 Å². The number of halogens is 2. The number of nitrogens with zero attached hydrogens (tertiary/aromatic N) is 1. The van der Waals surface area contributed by atoms with E-state index in [2.05, 4.69) is 9.72 Å². The predicted octanol–water partition coefficient (Wildman–Crippen LogP) is 1.69. The van der Waals surface area contributed by atoms with Gasteiger partial charge < -0.3 is 9.84 Å². The minimum atomic E-state index is -3.06. The van der Waals surface area contributed by atoms with Crippen molar-refractivity contribution in [1.82, 2.24) is 4.98 Å². The van der Waals surface area contributed by atoms with Gasteiger partial charge in [0.25, 0.3) is 0 Å². The van der Waals surface area contributed by atoms with Gasteiger partial charge in [-0.3, -0.25) is 0 Å². The lowest BCUT2D eigenvalue weighted by molar-refractivity contribution is -0.0510. The second-order valence-electron chi connectivity index (χ2n) is 2.49. The molecule has 76 valence electrons. The molecular formula is C8H7F2NO3. The van der Waals surface area contributed by atoms with Crippen LogP contribution in [0, 0.1) is 6.92 Å². The molecule has 0 aliphatic heterocycles. The lowest BCUT2D eigenvalue weighted by Gasteiger charge is -2.09. The summed E-state index contributed by atoms with van der Waals surface area (Å²) in [4.78, 5) is 14.0. The molecule has 0 unspecified atom stereocenters. The van der Waals surface area contributed by atoms with E-state index in [9.17, 15) is 13.6 Å². The fourth-order valence-corrected chi connectivity index (χ4v) is 0.935. The normalized spacial score (nSPS) is 10.3. The van der Waals surface area contributed by atoms with Crippen LogP contribution < -0.4 is 4.74 Å². The van der Waals surface area contributed by atoms with E-state index in [4.69, 9.17) is 5.11 Å². The summed E-state index contributed by atoms with van der Waals surface area (Å²) in [7, 11) is 0. The molecule has 4 nitrogen and oxygen atoms in total. The van der Waals surface area contributed by atoms with Gasteiger partial charge in [-0.2, -0.15) is 8.78 Å². The fraction of sp³-hybridized carbons (Fsp3) is 0.250. The van der Waals surface area contributed by atoms with E-state index in [1.54, 1.807) is 0 Å². The van der Waals surface area contributed by atoms with Gasteiger partial charge in [0.05, 0.1) is 0 Å². The molecule has 1 N–H and O–H groups in total. The summed E-state index contributed by atoms with van der Waals surface area (Å²) in [5.74, 6) is -1.79. The topological polar surface area (TPSA) is 59.4 Å². The Kier molecular flexibility index (Phi) is 2.95. The zero-order valence-electron chi connectivity index (χ0n) is 7.20. The molecule has 0 aliphatic rings. The molecule has 0 atom stereocenters. The molecule has 6 heteroatoms. The maximum Gasteiger partial charge on any atom is 0.387 e. The van der Waals surface area contributed by atoms with Crippen LogP contribution in [0.25, 0.3) is 0 Å². The Hall–Kier alpha value is -1.72. The number of ether oxygens (including phenoxy) is 1. The summed E-state index contributed by atoms with van der Waals surface area (Å²) < 4.78 is 27.9. The standard InChI is InChI=1S/C8H7F2NO3/c1-4-2-3-11-5(7(12)13)6(4)14-8(9)10/h2-3,8H,1H3,(H,12,13). The molecule has 0 saturated heterocycles. The third-order valence-electron chi connectivity index (χ3n) is 1.51. The maximum absolute atomic E-state index is 11.9. The number of aryl methyl sites for hydroxylation is 1. The number of aromatic nitrogens is 1. The first kappa shape index (κ1) is 10.4. The monoisotopic (exact) mass is 203 g/mol. The van der Waals surface area contributed by atoms with Crippen molar-refractivity contribution >= 4 is 5.97 Å². The molecule has 1 aromatic rings. The number of carboxylic acid groups (broad SMARTS) is 1. The SMILES string of the molecule is Cc1ccnc(C(=O)O)c1OC(F)F. The Labute approximate surface area is 78.1 Å². The second kappa shape index (κ2) is 3.99. The first-order valence-corrected chi connectivity index (χ1v) is 3.66. The molecule has 0 aliphatic carbocycles. The van der Waals surface area contributed by atoms with Crippen LogP contribution in [0.15, 0.2) is 12.3 Å². The maximum atomic E-state index is 11.9. The Morgan fingerprint density at radius 1 is 1.64 bits per heavy atom. The smallest absolute Gasteiger partial charge is 0.387 e. The number of hydrogen-bond acceptors (Lipinski definition) is 3. The van der Waals surface area contributed by atoms with Crippen molar-refractivity contribution in [3.63, 3.8) is 0 Å². The highest BCUT2D eigenvalue weighted by Gasteiger charge is 2.18. The van der Waals surface area contributed by atoms with Crippen molar-refractivity contribution in [3.8, 4) is 5.75 Å². The van der Waals surface area contributed by atoms with Gasteiger partial charge in [-0.15, -0.1) is 0 Å². The summed E-state index contributed by atoms with van der Waals surface area (Å²) in [6.07, 6.45) is 1.22. The molecule has 1 rings (SSSR count). The molecule has 0 aromatic carbocycles. The fourth-order valence-electron chi connectivity index (χ4n) is 0.935. The van der Waals surface area contributed by atoms with Crippen molar-refractivity contribution < 1.29 is 23.4 Å². The first-order valence-electron chi connectivity index (χ1n) is 3.66. The van der Waals surface area contributed by atoms with Gasteiger partial charge >= 0.3 is 12.6 Å². The zero-order valence-corrected chi connectivity index (χ0v) is 7.20. The van der Waals surface area contributed by atoms with Gasteiger partial charge in [-0.25, -0.2) is 9.78 Å². The third kappa shape index (κ3) is 2.15. The number of pyridine rings is 1. The van der Waals surface area contributed by atoms with E-state index in [1.165, 1.54) is 19.2 Å². The number of aromatic carboxylic acids is 1. The molecule has 0 bridgehead atoms. The largest absolute Gasteiger partial charge is 0.476 e. The van der Waals surface area contributed by atoms with Crippen molar-refractivity contribution in [2.24, 2.45) is 0 Å². The van der Waals surface area contributed by atoms with Crippen LogP contribution >= 0.6 is 0 Å².